The normalized spacial score (nSPS) is 22.7. The van der Waals surface area contributed by atoms with E-state index in [1.807, 2.05) is 10.3 Å². The Bertz CT molecular complexity index is 544. The van der Waals surface area contributed by atoms with Crippen molar-refractivity contribution in [1.82, 2.24) is 9.88 Å². The molecule has 0 spiro atoms. The molecule has 1 aromatic heterocycles. The summed E-state index contributed by atoms with van der Waals surface area (Å²) in [5.41, 5.74) is 1.28. The Kier molecular flexibility index (Phi) is 5.80. The quantitative estimate of drug-likeness (QED) is 0.776. The third-order valence-electron chi connectivity index (χ3n) is 4.44. The first kappa shape index (κ1) is 16.6. The van der Waals surface area contributed by atoms with Crippen molar-refractivity contribution in [3.63, 3.8) is 0 Å². The van der Waals surface area contributed by atoms with E-state index in [2.05, 4.69) is 23.0 Å². The molecule has 5 nitrogen and oxygen atoms in total. The number of ether oxygens (including phenoxy) is 1. The van der Waals surface area contributed by atoms with Gasteiger partial charge < -0.3 is 9.64 Å². The SMILES string of the molecule is CN1CCOC(CN(C(=O)CC2=CCCCC2)c2nccs2)C1. The topological polar surface area (TPSA) is 45.7 Å². The monoisotopic (exact) mass is 335 g/mol. The molecule has 1 atom stereocenters. The summed E-state index contributed by atoms with van der Waals surface area (Å²) in [6.45, 7) is 3.13. The maximum atomic E-state index is 12.8. The van der Waals surface area contributed by atoms with Crippen LogP contribution in [-0.2, 0) is 9.53 Å². The van der Waals surface area contributed by atoms with Gasteiger partial charge in [0.05, 0.1) is 19.3 Å². The first-order chi connectivity index (χ1) is 11.2. The molecule has 3 rings (SSSR count). The van der Waals surface area contributed by atoms with E-state index in [9.17, 15) is 4.79 Å². The maximum Gasteiger partial charge on any atom is 0.232 e. The molecule has 1 unspecified atom stereocenters. The number of carbonyl (C=O) groups is 1. The highest BCUT2D eigenvalue weighted by Crippen LogP contribution is 2.24. The van der Waals surface area contributed by atoms with Crippen molar-refractivity contribution in [3.8, 4) is 0 Å². The molecule has 1 aliphatic carbocycles. The summed E-state index contributed by atoms with van der Waals surface area (Å²) in [5.74, 6) is 0.143. The van der Waals surface area contributed by atoms with Crippen LogP contribution < -0.4 is 4.90 Å². The highest BCUT2D eigenvalue weighted by atomic mass is 32.1. The van der Waals surface area contributed by atoms with Crippen LogP contribution in [0.5, 0.6) is 0 Å². The molecule has 0 N–H and O–H groups in total. The highest BCUT2D eigenvalue weighted by Gasteiger charge is 2.26. The third-order valence-corrected chi connectivity index (χ3v) is 5.24. The molecule has 2 aliphatic rings. The summed E-state index contributed by atoms with van der Waals surface area (Å²) < 4.78 is 5.84. The molecular formula is C17H25N3O2S. The Balaban J connectivity index is 1.68. The Labute approximate surface area is 141 Å². The van der Waals surface area contributed by atoms with Crippen LogP contribution in [0, 0.1) is 0 Å². The van der Waals surface area contributed by atoms with Gasteiger partial charge in [0, 0.05) is 31.1 Å². The summed E-state index contributed by atoms with van der Waals surface area (Å²) in [7, 11) is 2.10. The Morgan fingerprint density at radius 2 is 2.43 bits per heavy atom. The van der Waals surface area contributed by atoms with E-state index in [1.165, 1.54) is 29.8 Å². The minimum Gasteiger partial charge on any atom is -0.374 e. The number of aromatic nitrogens is 1. The lowest BCUT2D eigenvalue weighted by Gasteiger charge is -2.33. The van der Waals surface area contributed by atoms with Crippen molar-refractivity contribution in [2.45, 2.75) is 38.2 Å². The number of carbonyl (C=O) groups excluding carboxylic acids is 1. The van der Waals surface area contributed by atoms with Gasteiger partial charge in [-0.15, -0.1) is 11.3 Å². The van der Waals surface area contributed by atoms with E-state index in [0.717, 1.165) is 37.7 Å². The fraction of sp³-hybridized carbons (Fsp3) is 0.647. The molecule has 0 saturated carbocycles. The van der Waals surface area contributed by atoms with E-state index in [0.29, 0.717) is 13.0 Å². The number of hydrogen-bond acceptors (Lipinski definition) is 5. The van der Waals surface area contributed by atoms with Gasteiger partial charge in [-0.05, 0) is 32.7 Å². The van der Waals surface area contributed by atoms with E-state index < -0.39 is 0 Å². The van der Waals surface area contributed by atoms with E-state index in [4.69, 9.17) is 4.74 Å². The first-order valence-corrected chi connectivity index (χ1v) is 9.28. The molecule has 0 radical (unpaired) electrons. The molecule has 23 heavy (non-hydrogen) atoms. The Morgan fingerprint density at radius 3 is 3.13 bits per heavy atom. The lowest BCUT2D eigenvalue weighted by Crippen LogP contribution is -2.47. The van der Waals surface area contributed by atoms with Crippen LogP contribution in [0.4, 0.5) is 5.13 Å². The number of thiazole rings is 1. The molecule has 6 heteroatoms. The number of amides is 1. The minimum atomic E-state index is 0.0573. The summed E-state index contributed by atoms with van der Waals surface area (Å²) >= 11 is 1.52. The van der Waals surface area contributed by atoms with Crippen molar-refractivity contribution < 1.29 is 9.53 Å². The fourth-order valence-electron chi connectivity index (χ4n) is 3.17. The summed E-state index contributed by atoms with van der Waals surface area (Å²) in [6, 6.07) is 0. The van der Waals surface area contributed by atoms with Gasteiger partial charge in [0.1, 0.15) is 0 Å². The van der Waals surface area contributed by atoms with Crippen LogP contribution in [0.1, 0.15) is 32.1 Å². The summed E-state index contributed by atoms with van der Waals surface area (Å²) in [6.07, 6.45) is 9.18. The lowest BCUT2D eigenvalue weighted by molar-refractivity contribution is -0.118. The van der Waals surface area contributed by atoms with Crippen LogP contribution in [0.2, 0.25) is 0 Å². The summed E-state index contributed by atoms with van der Waals surface area (Å²) in [4.78, 5) is 21.3. The Morgan fingerprint density at radius 1 is 1.52 bits per heavy atom. The molecular weight excluding hydrogens is 310 g/mol. The fourth-order valence-corrected chi connectivity index (χ4v) is 3.84. The molecule has 1 fully saturated rings. The van der Waals surface area contributed by atoms with Gasteiger partial charge in [-0.3, -0.25) is 9.69 Å². The maximum absolute atomic E-state index is 12.8. The highest BCUT2D eigenvalue weighted by molar-refractivity contribution is 7.13. The van der Waals surface area contributed by atoms with Crippen molar-refractivity contribution in [2.75, 3.05) is 38.2 Å². The van der Waals surface area contributed by atoms with Gasteiger partial charge in [0.2, 0.25) is 5.91 Å². The molecule has 0 bridgehead atoms. The smallest absolute Gasteiger partial charge is 0.232 e. The van der Waals surface area contributed by atoms with Gasteiger partial charge in [0.15, 0.2) is 5.13 Å². The predicted octanol–water partition coefficient (Wildman–Crippen LogP) is 2.70. The molecule has 1 aliphatic heterocycles. The molecule has 1 aromatic rings. The minimum absolute atomic E-state index is 0.0573. The zero-order valence-corrected chi connectivity index (χ0v) is 14.6. The van der Waals surface area contributed by atoms with E-state index >= 15 is 0 Å². The molecule has 126 valence electrons. The van der Waals surface area contributed by atoms with Gasteiger partial charge in [-0.25, -0.2) is 4.98 Å². The van der Waals surface area contributed by atoms with Crippen LogP contribution in [-0.4, -0.2) is 55.2 Å². The van der Waals surface area contributed by atoms with Gasteiger partial charge >= 0.3 is 0 Å². The standard InChI is InChI=1S/C17H25N3O2S/c1-19-8-9-22-15(12-19)13-20(17-18-7-10-23-17)16(21)11-14-5-3-2-4-6-14/h5,7,10,15H,2-4,6,8-9,11-13H2,1H3. The van der Waals surface area contributed by atoms with Crippen molar-refractivity contribution in [1.29, 1.82) is 0 Å². The van der Waals surface area contributed by atoms with Gasteiger partial charge in [-0.1, -0.05) is 11.6 Å². The average molecular weight is 335 g/mol. The predicted molar refractivity (Wildman–Crippen MR) is 92.9 cm³/mol. The first-order valence-electron chi connectivity index (χ1n) is 8.40. The second kappa shape index (κ2) is 8.04. The number of anilines is 1. The number of morpholine rings is 1. The second-order valence-electron chi connectivity index (χ2n) is 6.36. The third kappa shape index (κ3) is 4.62. The van der Waals surface area contributed by atoms with Crippen molar-refractivity contribution >= 4 is 22.4 Å². The zero-order valence-electron chi connectivity index (χ0n) is 13.7. The van der Waals surface area contributed by atoms with Crippen LogP contribution in [0.25, 0.3) is 0 Å². The largest absolute Gasteiger partial charge is 0.374 e. The average Bonchev–Trinajstić information content (AvgIpc) is 3.07. The van der Waals surface area contributed by atoms with Crippen molar-refractivity contribution in [3.05, 3.63) is 23.2 Å². The van der Waals surface area contributed by atoms with Gasteiger partial charge in [0.25, 0.3) is 0 Å². The number of nitrogens with zero attached hydrogens (tertiary/aromatic N) is 3. The van der Waals surface area contributed by atoms with E-state index in [-0.39, 0.29) is 12.0 Å². The second-order valence-corrected chi connectivity index (χ2v) is 7.23. The Hall–Kier alpha value is -1.24. The number of rotatable bonds is 5. The number of hydrogen-bond donors (Lipinski definition) is 0. The van der Waals surface area contributed by atoms with Crippen LogP contribution in [0.15, 0.2) is 23.2 Å². The van der Waals surface area contributed by atoms with Crippen LogP contribution >= 0.6 is 11.3 Å². The van der Waals surface area contributed by atoms with E-state index in [1.54, 1.807) is 6.20 Å². The molecule has 1 amide bonds. The van der Waals surface area contributed by atoms with Crippen LogP contribution in [0.3, 0.4) is 0 Å². The molecule has 1 saturated heterocycles. The lowest BCUT2D eigenvalue weighted by atomic mass is 9.97. The van der Waals surface area contributed by atoms with Gasteiger partial charge in [-0.2, -0.15) is 0 Å². The number of likely N-dealkylation sites (N-methyl/N-ethyl adjacent to an activating group) is 1. The van der Waals surface area contributed by atoms with Crippen molar-refractivity contribution in [2.24, 2.45) is 0 Å². The zero-order chi connectivity index (χ0) is 16.1. The molecule has 0 aromatic carbocycles. The summed E-state index contributed by atoms with van der Waals surface area (Å²) in [5, 5.41) is 2.70. The number of allylic oxidation sites excluding steroid dienone is 1. The molecule has 2 heterocycles.